The van der Waals surface area contributed by atoms with E-state index in [9.17, 15) is 9.59 Å². The van der Waals surface area contributed by atoms with Crippen molar-refractivity contribution in [2.45, 2.75) is 6.92 Å². The molecule has 1 N–H and O–H groups in total. The largest absolute Gasteiger partial charge is 0.462 e. The smallest absolute Gasteiger partial charge is 0.338 e. The molecule has 1 aromatic carbocycles. The molecule has 0 spiro atoms. The minimum absolute atomic E-state index is 0.283. The summed E-state index contributed by atoms with van der Waals surface area (Å²) in [5.74, 6) is -0.702. The monoisotopic (exact) mass is 335 g/mol. The Balaban J connectivity index is 1.81. The molecule has 0 fully saturated rings. The van der Waals surface area contributed by atoms with Gasteiger partial charge in [0.1, 0.15) is 5.69 Å². The molecule has 6 nitrogen and oxygen atoms in total. The number of carbonyl (C=O) groups is 2. The van der Waals surface area contributed by atoms with Crippen molar-refractivity contribution in [3.05, 3.63) is 78.4 Å². The van der Waals surface area contributed by atoms with Crippen LogP contribution in [0, 0.1) is 0 Å². The first kappa shape index (κ1) is 16.4. The van der Waals surface area contributed by atoms with Crippen molar-refractivity contribution < 1.29 is 14.3 Å². The normalized spacial score (nSPS) is 10.3. The number of esters is 1. The lowest BCUT2D eigenvalue weighted by Gasteiger charge is -2.10. The van der Waals surface area contributed by atoms with E-state index in [0.29, 0.717) is 23.6 Å². The number of ether oxygens (including phenoxy) is 1. The average Bonchev–Trinajstić information content (AvgIpc) is 3.13. The van der Waals surface area contributed by atoms with E-state index >= 15 is 0 Å². The van der Waals surface area contributed by atoms with E-state index in [0.717, 1.165) is 5.69 Å². The summed E-state index contributed by atoms with van der Waals surface area (Å²) in [4.78, 5) is 28.5. The molecule has 0 saturated heterocycles. The lowest BCUT2D eigenvalue weighted by molar-refractivity contribution is 0.0526. The third-order valence-electron chi connectivity index (χ3n) is 3.54. The van der Waals surface area contributed by atoms with E-state index in [1.165, 1.54) is 0 Å². The first-order valence-corrected chi connectivity index (χ1v) is 7.85. The summed E-state index contributed by atoms with van der Waals surface area (Å²) in [6.07, 6.45) is 5.15. The number of carbonyl (C=O) groups excluding carboxylic acids is 2. The summed E-state index contributed by atoms with van der Waals surface area (Å²) in [5, 5.41) is 2.80. The van der Waals surface area contributed by atoms with E-state index in [4.69, 9.17) is 4.74 Å². The van der Waals surface area contributed by atoms with Gasteiger partial charge in [-0.2, -0.15) is 0 Å². The van der Waals surface area contributed by atoms with Gasteiger partial charge in [0, 0.05) is 18.1 Å². The molecule has 0 bridgehead atoms. The van der Waals surface area contributed by atoms with Gasteiger partial charge in [-0.05, 0) is 49.4 Å². The highest BCUT2D eigenvalue weighted by Crippen LogP contribution is 2.16. The van der Waals surface area contributed by atoms with Crippen LogP contribution in [0.2, 0.25) is 0 Å². The quantitative estimate of drug-likeness (QED) is 0.726. The van der Waals surface area contributed by atoms with Gasteiger partial charge in [-0.15, -0.1) is 0 Å². The average molecular weight is 335 g/mol. The highest BCUT2D eigenvalue weighted by Gasteiger charge is 2.13. The van der Waals surface area contributed by atoms with Crippen LogP contribution >= 0.6 is 0 Å². The second-order valence-electron chi connectivity index (χ2n) is 5.23. The zero-order chi connectivity index (χ0) is 17.6. The molecule has 0 saturated carbocycles. The lowest BCUT2D eigenvalue weighted by atomic mass is 10.2. The van der Waals surface area contributed by atoms with Crippen molar-refractivity contribution in [1.82, 2.24) is 9.55 Å². The highest BCUT2D eigenvalue weighted by molar-refractivity contribution is 6.04. The fourth-order valence-electron chi connectivity index (χ4n) is 2.42. The second kappa shape index (κ2) is 7.44. The Morgan fingerprint density at radius 2 is 2.04 bits per heavy atom. The van der Waals surface area contributed by atoms with Crippen LogP contribution in [0.25, 0.3) is 5.69 Å². The molecule has 0 aliphatic rings. The summed E-state index contributed by atoms with van der Waals surface area (Å²) >= 11 is 0. The van der Waals surface area contributed by atoms with Crippen LogP contribution in [-0.4, -0.2) is 28.0 Å². The van der Waals surface area contributed by atoms with Crippen molar-refractivity contribution in [3.63, 3.8) is 0 Å². The maximum absolute atomic E-state index is 12.6. The maximum Gasteiger partial charge on any atom is 0.338 e. The van der Waals surface area contributed by atoms with Gasteiger partial charge in [0.2, 0.25) is 0 Å². The number of anilines is 1. The van der Waals surface area contributed by atoms with Gasteiger partial charge in [0.05, 0.1) is 24.1 Å². The Labute approximate surface area is 145 Å². The summed E-state index contributed by atoms with van der Waals surface area (Å²) in [5.41, 5.74) is 2.17. The Bertz CT molecular complexity index is 888. The number of aromatic nitrogens is 2. The molecular weight excluding hydrogens is 318 g/mol. The number of pyridine rings is 1. The molecule has 25 heavy (non-hydrogen) atoms. The van der Waals surface area contributed by atoms with Crippen molar-refractivity contribution in [2.24, 2.45) is 0 Å². The molecule has 2 heterocycles. The number of nitrogens with zero attached hydrogens (tertiary/aromatic N) is 2. The minimum Gasteiger partial charge on any atom is -0.462 e. The van der Waals surface area contributed by atoms with Crippen LogP contribution in [0.1, 0.15) is 27.8 Å². The Kier molecular flexibility index (Phi) is 4.89. The zero-order valence-corrected chi connectivity index (χ0v) is 13.7. The standard InChI is InChI=1S/C19H17N3O3/c1-2-25-19(24)14-6-3-7-15(12-14)21-18(23)17-9-5-11-22(17)16-8-4-10-20-13-16/h3-13H,2H2,1H3,(H,21,23). The molecule has 3 rings (SSSR count). The molecule has 0 radical (unpaired) electrons. The molecule has 0 aliphatic carbocycles. The predicted molar refractivity (Wildman–Crippen MR) is 93.9 cm³/mol. The summed E-state index contributed by atoms with van der Waals surface area (Å²) in [6.45, 7) is 2.05. The van der Waals surface area contributed by atoms with Gasteiger partial charge in [0.15, 0.2) is 0 Å². The topological polar surface area (TPSA) is 73.2 Å². The summed E-state index contributed by atoms with van der Waals surface area (Å²) in [6, 6.07) is 13.8. The Morgan fingerprint density at radius 3 is 2.80 bits per heavy atom. The fraction of sp³-hybridized carbons (Fsp3) is 0.105. The number of amides is 1. The van der Waals surface area contributed by atoms with Gasteiger partial charge in [0.25, 0.3) is 5.91 Å². The zero-order valence-electron chi connectivity index (χ0n) is 13.7. The van der Waals surface area contributed by atoms with Gasteiger partial charge < -0.3 is 14.6 Å². The molecule has 1 amide bonds. The number of nitrogens with one attached hydrogen (secondary N) is 1. The van der Waals surface area contributed by atoms with E-state index in [1.807, 2.05) is 6.07 Å². The van der Waals surface area contributed by atoms with E-state index in [-0.39, 0.29) is 5.91 Å². The Hall–Kier alpha value is -3.41. The summed E-state index contributed by atoms with van der Waals surface area (Å²) in [7, 11) is 0. The maximum atomic E-state index is 12.6. The van der Waals surface area contributed by atoms with Crippen molar-refractivity contribution in [3.8, 4) is 5.69 Å². The molecular formula is C19H17N3O3. The number of benzene rings is 1. The lowest BCUT2D eigenvalue weighted by Crippen LogP contribution is -2.16. The van der Waals surface area contributed by atoms with E-state index in [2.05, 4.69) is 10.3 Å². The third-order valence-corrected chi connectivity index (χ3v) is 3.54. The SMILES string of the molecule is CCOC(=O)c1cccc(NC(=O)c2cccn2-c2cccnc2)c1. The first-order chi connectivity index (χ1) is 12.2. The van der Waals surface area contributed by atoms with Crippen molar-refractivity contribution in [1.29, 1.82) is 0 Å². The molecule has 126 valence electrons. The van der Waals surface area contributed by atoms with Crippen LogP contribution in [0.3, 0.4) is 0 Å². The van der Waals surface area contributed by atoms with E-state index in [1.54, 1.807) is 72.5 Å². The summed E-state index contributed by atoms with van der Waals surface area (Å²) < 4.78 is 6.72. The number of rotatable bonds is 5. The van der Waals surface area contributed by atoms with Crippen molar-refractivity contribution >= 4 is 17.6 Å². The Morgan fingerprint density at radius 1 is 1.16 bits per heavy atom. The molecule has 6 heteroatoms. The molecule has 0 atom stereocenters. The number of hydrogen-bond acceptors (Lipinski definition) is 4. The third kappa shape index (κ3) is 3.74. The predicted octanol–water partition coefficient (Wildman–Crippen LogP) is 3.30. The van der Waals surface area contributed by atoms with Gasteiger partial charge in [-0.25, -0.2) is 4.79 Å². The first-order valence-electron chi connectivity index (χ1n) is 7.85. The van der Waals surface area contributed by atoms with Crippen LogP contribution < -0.4 is 5.32 Å². The fourth-order valence-corrected chi connectivity index (χ4v) is 2.42. The van der Waals surface area contributed by atoms with Gasteiger partial charge in [-0.3, -0.25) is 9.78 Å². The minimum atomic E-state index is -0.419. The van der Waals surface area contributed by atoms with Crippen molar-refractivity contribution in [2.75, 3.05) is 11.9 Å². The number of hydrogen-bond donors (Lipinski definition) is 1. The second-order valence-corrected chi connectivity index (χ2v) is 5.23. The van der Waals surface area contributed by atoms with Crippen LogP contribution in [-0.2, 0) is 4.74 Å². The highest BCUT2D eigenvalue weighted by atomic mass is 16.5. The van der Waals surface area contributed by atoms with Crippen LogP contribution in [0.5, 0.6) is 0 Å². The molecule has 3 aromatic rings. The van der Waals surface area contributed by atoms with Gasteiger partial charge >= 0.3 is 5.97 Å². The van der Waals surface area contributed by atoms with Gasteiger partial charge in [-0.1, -0.05) is 6.07 Å². The van der Waals surface area contributed by atoms with Crippen LogP contribution in [0.15, 0.2) is 67.1 Å². The molecule has 2 aromatic heterocycles. The van der Waals surface area contributed by atoms with Crippen LogP contribution in [0.4, 0.5) is 5.69 Å². The van der Waals surface area contributed by atoms with E-state index < -0.39 is 5.97 Å². The molecule has 0 aliphatic heterocycles. The molecule has 0 unspecified atom stereocenters.